The van der Waals surface area contributed by atoms with Crippen molar-refractivity contribution in [3.63, 3.8) is 0 Å². The highest BCUT2D eigenvalue weighted by Crippen LogP contribution is 2.19. The smallest absolute Gasteiger partial charge is 0.346 e. The van der Waals surface area contributed by atoms with E-state index in [0.29, 0.717) is 12.3 Å². The Morgan fingerprint density at radius 2 is 2.12 bits per heavy atom. The third-order valence-corrected chi connectivity index (χ3v) is 2.22. The molecule has 2 N–H and O–H groups in total. The Labute approximate surface area is 95.3 Å². The third-order valence-electron chi connectivity index (χ3n) is 2.22. The van der Waals surface area contributed by atoms with Crippen LogP contribution in [0.2, 0.25) is 0 Å². The average Bonchev–Trinajstić information content (AvgIpc) is 2.31. The second-order valence-corrected chi connectivity index (χ2v) is 3.43. The molecule has 4 heteroatoms. The van der Waals surface area contributed by atoms with E-state index >= 15 is 0 Å². The molecule has 0 saturated carbocycles. The van der Waals surface area contributed by atoms with Gasteiger partial charge in [0.2, 0.25) is 0 Å². The molecule has 0 aliphatic rings. The van der Waals surface area contributed by atoms with Crippen molar-refractivity contribution >= 4 is 5.97 Å². The number of nitrogens with two attached hydrogens (primary N) is 1. The van der Waals surface area contributed by atoms with Gasteiger partial charge in [0.1, 0.15) is 5.75 Å². The second-order valence-electron chi connectivity index (χ2n) is 3.43. The third kappa shape index (κ3) is 3.24. The molecule has 0 bridgehead atoms. The van der Waals surface area contributed by atoms with E-state index in [1.54, 1.807) is 6.92 Å². The number of carbonyl (C=O) groups is 1. The van der Waals surface area contributed by atoms with Crippen molar-refractivity contribution in [2.75, 3.05) is 13.7 Å². The van der Waals surface area contributed by atoms with Crippen LogP contribution < -0.4 is 10.5 Å². The lowest BCUT2D eigenvalue weighted by Gasteiger charge is -2.15. The van der Waals surface area contributed by atoms with Gasteiger partial charge in [-0.05, 0) is 31.5 Å². The topological polar surface area (TPSA) is 61.5 Å². The number of carbonyl (C=O) groups excluding carboxylic acids is 1. The van der Waals surface area contributed by atoms with Gasteiger partial charge in [-0.2, -0.15) is 0 Å². The number of para-hydroxylation sites is 1. The van der Waals surface area contributed by atoms with E-state index in [-0.39, 0.29) is 5.97 Å². The average molecular weight is 223 g/mol. The van der Waals surface area contributed by atoms with Crippen molar-refractivity contribution in [3.8, 4) is 5.75 Å². The van der Waals surface area contributed by atoms with E-state index in [1.165, 1.54) is 7.11 Å². The molecule has 0 spiro atoms. The van der Waals surface area contributed by atoms with Crippen LogP contribution in [0.15, 0.2) is 24.3 Å². The fraction of sp³-hybridized carbons (Fsp3) is 0.417. The van der Waals surface area contributed by atoms with E-state index in [1.807, 2.05) is 24.3 Å². The molecular weight excluding hydrogens is 206 g/mol. The van der Waals surface area contributed by atoms with Gasteiger partial charge >= 0.3 is 5.97 Å². The molecule has 0 saturated heterocycles. The molecule has 0 amide bonds. The first-order chi connectivity index (χ1) is 7.69. The zero-order chi connectivity index (χ0) is 12.0. The van der Waals surface area contributed by atoms with E-state index in [0.717, 1.165) is 12.0 Å². The first kappa shape index (κ1) is 12.5. The molecule has 0 aromatic heterocycles. The van der Waals surface area contributed by atoms with E-state index in [4.69, 9.17) is 10.5 Å². The molecular formula is C12H17NO3. The van der Waals surface area contributed by atoms with Crippen LogP contribution in [0.25, 0.3) is 0 Å². The summed E-state index contributed by atoms with van der Waals surface area (Å²) in [7, 11) is 1.34. The Morgan fingerprint density at radius 1 is 1.44 bits per heavy atom. The van der Waals surface area contributed by atoms with Crippen molar-refractivity contribution in [1.82, 2.24) is 0 Å². The van der Waals surface area contributed by atoms with Gasteiger partial charge in [0.15, 0.2) is 6.10 Å². The predicted octanol–water partition coefficient (Wildman–Crippen LogP) is 1.13. The lowest BCUT2D eigenvalue weighted by Crippen LogP contribution is -2.25. The maximum Gasteiger partial charge on any atom is 0.346 e. The first-order valence-electron chi connectivity index (χ1n) is 5.21. The molecule has 0 aliphatic heterocycles. The fourth-order valence-electron chi connectivity index (χ4n) is 1.39. The summed E-state index contributed by atoms with van der Waals surface area (Å²) in [6.07, 6.45) is 0.119. The lowest BCUT2D eigenvalue weighted by molar-refractivity contribution is -0.147. The number of methoxy groups -OCH3 is 1. The molecule has 0 heterocycles. The Hall–Kier alpha value is -1.55. The minimum atomic E-state index is -0.607. The standard InChI is InChI=1S/C12H17NO3/c1-9(12(14)15-2)16-11-6-4-3-5-10(11)7-8-13/h3-6,9H,7-8,13H2,1-2H3. The SMILES string of the molecule is COC(=O)C(C)Oc1ccccc1CCN. The summed E-state index contributed by atoms with van der Waals surface area (Å²) in [5.41, 5.74) is 6.50. The van der Waals surface area contributed by atoms with Crippen molar-refractivity contribution in [2.24, 2.45) is 5.73 Å². The number of esters is 1. The number of ether oxygens (including phenoxy) is 2. The van der Waals surface area contributed by atoms with Gasteiger partial charge in [-0.3, -0.25) is 0 Å². The fourth-order valence-corrected chi connectivity index (χ4v) is 1.39. The van der Waals surface area contributed by atoms with Gasteiger partial charge in [-0.25, -0.2) is 4.79 Å². The van der Waals surface area contributed by atoms with Crippen LogP contribution in [0, 0.1) is 0 Å². The number of benzene rings is 1. The summed E-state index contributed by atoms with van der Waals surface area (Å²) in [5.74, 6) is 0.299. The monoisotopic (exact) mass is 223 g/mol. The van der Waals surface area contributed by atoms with E-state index in [9.17, 15) is 4.79 Å². The molecule has 0 radical (unpaired) electrons. The molecule has 1 rings (SSSR count). The molecule has 0 aliphatic carbocycles. The maximum atomic E-state index is 11.2. The highest BCUT2D eigenvalue weighted by atomic mass is 16.6. The Kier molecular flexibility index (Phi) is 4.79. The number of hydrogen-bond acceptors (Lipinski definition) is 4. The zero-order valence-electron chi connectivity index (χ0n) is 9.60. The minimum absolute atomic E-state index is 0.387. The summed E-state index contributed by atoms with van der Waals surface area (Å²) in [6, 6.07) is 7.54. The Bertz CT molecular complexity index is 352. The van der Waals surface area contributed by atoms with Gasteiger partial charge in [0.25, 0.3) is 0 Å². The van der Waals surface area contributed by atoms with Crippen molar-refractivity contribution in [3.05, 3.63) is 29.8 Å². The maximum absolute atomic E-state index is 11.2. The summed E-state index contributed by atoms with van der Waals surface area (Å²) >= 11 is 0. The van der Waals surface area contributed by atoms with E-state index in [2.05, 4.69) is 4.74 Å². The normalized spacial score (nSPS) is 11.9. The predicted molar refractivity (Wildman–Crippen MR) is 61.3 cm³/mol. The first-order valence-corrected chi connectivity index (χ1v) is 5.21. The van der Waals surface area contributed by atoms with Crippen LogP contribution in [0.5, 0.6) is 5.75 Å². The molecule has 16 heavy (non-hydrogen) atoms. The van der Waals surface area contributed by atoms with Gasteiger partial charge < -0.3 is 15.2 Å². The lowest BCUT2D eigenvalue weighted by atomic mass is 10.1. The van der Waals surface area contributed by atoms with Gasteiger partial charge in [0, 0.05) is 0 Å². The van der Waals surface area contributed by atoms with Crippen molar-refractivity contribution in [1.29, 1.82) is 0 Å². The summed E-state index contributed by atoms with van der Waals surface area (Å²) in [4.78, 5) is 11.2. The van der Waals surface area contributed by atoms with Gasteiger partial charge in [-0.1, -0.05) is 18.2 Å². The summed E-state index contributed by atoms with van der Waals surface area (Å²) in [5, 5.41) is 0. The van der Waals surface area contributed by atoms with Crippen LogP contribution in [0.3, 0.4) is 0 Å². The second kappa shape index (κ2) is 6.12. The Morgan fingerprint density at radius 3 is 2.75 bits per heavy atom. The molecule has 1 aromatic rings. The van der Waals surface area contributed by atoms with Crippen molar-refractivity contribution in [2.45, 2.75) is 19.4 Å². The molecule has 1 unspecified atom stereocenters. The van der Waals surface area contributed by atoms with Crippen LogP contribution >= 0.6 is 0 Å². The van der Waals surface area contributed by atoms with Gasteiger partial charge in [0.05, 0.1) is 7.11 Å². The van der Waals surface area contributed by atoms with Crippen LogP contribution in [-0.2, 0) is 16.0 Å². The van der Waals surface area contributed by atoms with Crippen LogP contribution in [-0.4, -0.2) is 25.7 Å². The van der Waals surface area contributed by atoms with Crippen LogP contribution in [0.1, 0.15) is 12.5 Å². The number of rotatable bonds is 5. The molecule has 1 atom stereocenters. The molecule has 1 aromatic carbocycles. The highest BCUT2D eigenvalue weighted by molar-refractivity contribution is 5.74. The number of hydrogen-bond donors (Lipinski definition) is 1. The Balaban J connectivity index is 2.75. The minimum Gasteiger partial charge on any atom is -0.479 e. The zero-order valence-corrected chi connectivity index (χ0v) is 9.60. The van der Waals surface area contributed by atoms with Crippen LogP contribution in [0.4, 0.5) is 0 Å². The largest absolute Gasteiger partial charge is 0.479 e. The molecule has 4 nitrogen and oxygen atoms in total. The van der Waals surface area contributed by atoms with E-state index < -0.39 is 6.10 Å². The quantitative estimate of drug-likeness (QED) is 0.760. The summed E-state index contributed by atoms with van der Waals surface area (Å²) < 4.78 is 10.1. The highest BCUT2D eigenvalue weighted by Gasteiger charge is 2.15. The molecule has 0 fully saturated rings. The summed E-state index contributed by atoms with van der Waals surface area (Å²) in [6.45, 7) is 2.21. The van der Waals surface area contributed by atoms with Crippen molar-refractivity contribution < 1.29 is 14.3 Å². The molecule has 88 valence electrons. The van der Waals surface area contributed by atoms with Gasteiger partial charge in [-0.15, -0.1) is 0 Å².